The Bertz CT molecular complexity index is 601. The molecular weight excluding hydrogens is 297 g/mol. The van der Waals surface area contributed by atoms with Crippen LogP contribution in [0.3, 0.4) is 0 Å². The van der Waals surface area contributed by atoms with Crippen LogP contribution in [0.2, 0.25) is 10.0 Å². The molecule has 0 aliphatic carbocycles. The largest absolute Gasteiger partial charge is 0.492 e. The van der Waals surface area contributed by atoms with Crippen molar-refractivity contribution < 1.29 is 4.74 Å². The van der Waals surface area contributed by atoms with Gasteiger partial charge in [0.15, 0.2) is 0 Å². The van der Waals surface area contributed by atoms with Gasteiger partial charge in [0.1, 0.15) is 5.75 Å². The number of nitrogens with one attached hydrogen (secondary N) is 2. The molecule has 2 unspecified atom stereocenters. The van der Waals surface area contributed by atoms with Gasteiger partial charge in [-0.05, 0) is 19.1 Å². The Hall–Kier alpha value is -1.23. The summed E-state index contributed by atoms with van der Waals surface area (Å²) in [4.78, 5) is 0. The highest BCUT2D eigenvalue weighted by Gasteiger charge is 2.25. The standard InChI is InChI=1S/C14H15Cl2N3O/c1-8(9-6-17-18-7-9)19-13-2-3-20-14-11(13)4-10(15)5-12(14)16/h4-8,13,19H,2-3H2,1H3,(H,17,18). The highest BCUT2D eigenvalue weighted by molar-refractivity contribution is 6.35. The molecule has 2 aromatic rings. The molecule has 2 atom stereocenters. The van der Waals surface area contributed by atoms with Crippen molar-refractivity contribution in [2.75, 3.05) is 6.61 Å². The Labute approximate surface area is 127 Å². The quantitative estimate of drug-likeness (QED) is 0.904. The molecule has 0 bridgehead atoms. The second kappa shape index (κ2) is 5.64. The molecule has 1 aliphatic heterocycles. The van der Waals surface area contributed by atoms with E-state index in [9.17, 15) is 0 Å². The van der Waals surface area contributed by atoms with E-state index in [4.69, 9.17) is 27.9 Å². The van der Waals surface area contributed by atoms with Gasteiger partial charge in [-0.2, -0.15) is 5.10 Å². The fourth-order valence-corrected chi connectivity index (χ4v) is 3.06. The lowest BCUT2D eigenvalue weighted by atomic mass is 9.99. The fraction of sp³-hybridized carbons (Fsp3) is 0.357. The maximum Gasteiger partial charge on any atom is 0.142 e. The van der Waals surface area contributed by atoms with Crippen molar-refractivity contribution in [3.63, 3.8) is 0 Å². The van der Waals surface area contributed by atoms with E-state index < -0.39 is 0 Å². The first-order chi connectivity index (χ1) is 9.65. The van der Waals surface area contributed by atoms with Crippen LogP contribution in [0, 0.1) is 0 Å². The molecule has 0 amide bonds. The van der Waals surface area contributed by atoms with Gasteiger partial charge in [0.05, 0.1) is 17.8 Å². The molecule has 2 heterocycles. The van der Waals surface area contributed by atoms with Crippen LogP contribution in [0.1, 0.15) is 36.6 Å². The second-order valence-corrected chi connectivity index (χ2v) is 5.76. The number of H-pyrrole nitrogens is 1. The second-order valence-electron chi connectivity index (χ2n) is 4.92. The van der Waals surface area contributed by atoms with Crippen LogP contribution < -0.4 is 10.1 Å². The first kappa shape index (κ1) is 13.7. The molecule has 0 radical (unpaired) electrons. The smallest absolute Gasteiger partial charge is 0.142 e. The number of aromatic amines is 1. The zero-order chi connectivity index (χ0) is 14.1. The summed E-state index contributed by atoms with van der Waals surface area (Å²) in [6.07, 6.45) is 4.59. The Kier molecular flexibility index (Phi) is 3.87. The lowest BCUT2D eigenvalue weighted by Crippen LogP contribution is -2.29. The summed E-state index contributed by atoms with van der Waals surface area (Å²) in [5.74, 6) is 0.735. The number of rotatable bonds is 3. The Morgan fingerprint density at radius 1 is 1.45 bits per heavy atom. The number of ether oxygens (including phenoxy) is 1. The zero-order valence-corrected chi connectivity index (χ0v) is 12.5. The normalized spacial score (nSPS) is 19.2. The summed E-state index contributed by atoms with van der Waals surface area (Å²) >= 11 is 12.3. The minimum atomic E-state index is 0.167. The topological polar surface area (TPSA) is 49.9 Å². The molecule has 1 aromatic heterocycles. The number of hydrogen-bond acceptors (Lipinski definition) is 3. The Morgan fingerprint density at radius 2 is 2.30 bits per heavy atom. The summed E-state index contributed by atoms with van der Waals surface area (Å²) in [6, 6.07) is 3.98. The molecule has 20 heavy (non-hydrogen) atoms. The third-order valence-corrected chi connectivity index (χ3v) is 4.03. The van der Waals surface area contributed by atoms with Crippen molar-refractivity contribution in [3.05, 3.63) is 45.7 Å². The predicted octanol–water partition coefficient (Wildman–Crippen LogP) is 3.89. The first-order valence-electron chi connectivity index (χ1n) is 6.51. The van der Waals surface area contributed by atoms with Gasteiger partial charge >= 0.3 is 0 Å². The van der Waals surface area contributed by atoms with Crippen molar-refractivity contribution in [1.82, 2.24) is 15.5 Å². The van der Waals surface area contributed by atoms with E-state index >= 15 is 0 Å². The molecule has 1 aromatic carbocycles. The van der Waals surface area contributed by atoms with E-state index in [1.54, 1.807) is 6.07 Å². The van der Waals surface area contributed by atoms with E-state index in [0.29, 0.717) is 16.7 Å². The third kappa shape index (κ3) is 2.64. The average Bonchev–Trinajstić information content (AvgIpc) is 2.93. The van der Waals surface area contributed by atoms with E-state index in [2.05, 4.69) is 22.4 Å². The number of aromatic nitrogens is 2. The summed E-state index contributed by atoms with van der Waals surface area (Å²) in [6.45, 7) is 2.75. The van der Waals surface area contributed by atoms with Gasteiger partial charge in [-0.15, -0.1) is 0 Å². The maximum atomic E-state index is 6.20. The van der Waals surface area contributed by atoms with Crippen molar-refractivity contribution >= 4 is 23.2 Å². The number of hydrogen-bond donors (Lipinski definition) is 2. The fourth-order valence-electron chi connectivity index (χ4n) is 2.49. The Morgan fingerprint density at radius 3 is 3.05 bits per heavy atom. The monoisotopic (exact) mass is 311 g/mol. The molecule has 2 N–H and O–H groups in total. The maximum absolute atomic E-state index is 6.20. The van der Waals surface area contributed by atoms with Gasteiger partial charge in [-0.3, -0.25) is 5.10 Å². The van der Waals surface area contributed by atoms with Gasteiger partial charge in [-0.25, -0.2) is 0 Å². The van der Waals surface area contributed by atoms with Crippen LogP contribution in [-0.2, 0) is 0 Å². The van der Waals surface area contributed by atoms with Gasteiger partial charge in [-0.1, -0.05) is 23.2 Å². The van der Waals surface area contributed by atoms with Crippen LogP contribution >= 0.6 is 23.2 Å². The molecule has 0 spiro atoms. The van der Waals surface area contributed by atoms with Crippen LogP contribution in [-0.4, -0.2) is 16.8 Å². The average molecular weight is 312 g/mol. The van der Waals surface area contributed by atoms with Gasteiger partial charge in [0.25, 0.3) is 0 Å². The molecule has 3 rings (SSSR count). The van der Waals surface area contributed by atoms with Crippen molar-refractivity contribution in [3.8, 4) is 5.75 Å². The third-order valence-electron chi connectivity index (χ3n) is 3.54. The summed E-state index contributed by atoms with van der Waals surface area (Å²) in [7, 11) is 0. The van der Waals surface area contributed by atoms with Crippen molar-refractivity contribution in [1.29, 1.82) is 0 Å². The van der Waals surface area contributed by atoms with Gasteiger partial charge < -0.3 is 10.1 Å². The van der Waals surface area contributed by atoms with Crippen molar-refractivity contribution in [2.45, 2.75) is 25.4 Å². The number of nitrogens with zero attached hydrogens (tertiary/aromatic N) is 1. The van der Waals surface area contributed by atoms with E-state index in [1.165, 1.54) is 0 Å². The summed E-state index contributed by atoms with van der Waals surface area (Å²) in [5, 5.41) is 11.6. The van der Waals surface area contributed by atoms with Crippen LogP contribution in [0.5, 0.6) is 5.75 Å². The minimum Gasteiger partial charge on any atom is -0.492 e. The Balaban J connectivity index is 1.86. The molecule has 1 aliphatic rings. The highest BCUT2D eigenvalue weighted by atomic mass is 35.5. The molecule has 0 fully saturated rings. The predicted molar refractivity (Wildman–Crippen MR) is 79.5 cm³/mol. The van der Waals surface area contributed by atoms with Crippen LogP contribution in [0.25, 0.3) is 0 Å². The number of fused-ring (bicyclic) bond motifs is 1. The molecule has 6 heteroatoms. The number of halogens is 2. The van der Waals surface area contributed by atoms with Crippen molar-refractivity contribution in [2.24, 2.45) is 0 Å². The van der Waals surface area contributed by atoms with Crippen LogP contribution in [0.4, 0.5) is 0 Å². The first-order valence-corrected chi connectivity index (χ1v) is 7.27. The van der Waals surface area contributed by atoms with Gasteiger partial charge in [0, 0.05) is 40.9 Å². The summed E-state index contributed by atoms with van der Waals surface area (Å²) in [5.41, 5.74) is 2.13. The number of benzene rings is 1. The van der Waals surface area contributed by atoms with E-state index in [0.717, 1.165) is 23.3 Å². The van der Waals surface area contributed by atoms with E-state index in [1.807, 2.05) is 18.5 Å². The van der Waals surface area contributed by atoms with Gasteiger partial charge in [0.2, 0.25) is 0 Å². The lowest BCUT2D eigenvalue weighted by molar-refractivity contribution is 0.246. The van der Waals surface area contributed by atoms with E-state index in [-0.39, 0.29) is 12.1 Å². The zero-order valence-electron chi connectivity index (χ0n) is 11.0. The molecule has 0 saturated heterocycles. The molecular formula is C14H15Cl2N3O. The molecule has 4 nitrogen and oxygen atoms in total. The lowest BCUT2D eigenvalue weighted by Gasteiger charge is -2.29. The SMILES string of the molecule is CC(NC1CCOc2c(Cl)cc(Cl)cc21)c1cn[nH]c1. The summed E-state index contributed by atoms with van der Waals surface area (Å²) < 4.78 is 5.66. The molecule has 106 valence electrons. The van der Waals surface area contributed by atoms with Crippen LogP contribution in [0.15, 0.2) is 24.5 Å². The minimum absolute atomic E-state index is 0.167. The molecule has 0 saturated carbocycles. The highest BCUT2D eigenvalue weighted by Crippen LogP contribution is 2.40.